The Balaban J connectivity index is 2.16. The summed E-state index contributed by atoms with van der Waals surface area (Å²) >= 11 is 6.73. The number of rotatable bonds is 4. The molecule has 0 aliphatic carbocycles. The van der Waals surface area contributed by atoms with Crippen molar-refractivity contribution in [3.63, 3.8) is 0 Å². The molecule has 116 valence electrons. The van der Waals surface area contributed by atoms with Crippen LogP contribution in [0.4, 0.5) is 0 Å². The first-order valence-electron chi connectivity index (χ1n) is 7.15. The Morgan fingerprint density at radius 3 is 2.91 bits per heavy atom. The second kappa shape index (κ2) is 6.52. The van der Waals surface area contributed by atoms with Gasteiger partial charge in [0.15, 0.2) is 0 Å². The number of carbonyl (C=O) groups excluding carboxylic acids is 1. The summed E-state index contributed by atoms with van der Waals surface area (Å²) in [4.78, 5) is 30.2. The fourth-order valence-electron chi connectivity index (χ4n) is 2.35. The van der Waals surface area contributed by atoms with E-state index in [1.165, 1.54) is 11.3 Å². The fourth-order valence-corrected chi connectivity index (χ4v) is 3.68. The number of fused-ring (bicyclic) bond motifs is 1. The first-order valence-corrected chi connectivity index (χ1v) is 8.38. The zero-order chi connectivity index (χ0) is 16.4. The third-order valence-corrected chi connectivity index (χ3v) is 4.74. The highest BCUT2D eigenvalue weighted by Crippen LogP contribution is 2.26. The van der Waals surface area contributed by atoms with Gasteiger partial charge in [0, 0.05) is 21.3 Å². The standard InChI is InChI=1S/C17H14N2O2S2/c1-10-4-5-13-15(7-10)23-17(19-16(13)21)14-9-12(22)8-11(18-14)3-2-6-20/h4-9H,2-3H2,1H3,(H,18,22). The van der Waals surface area contributed by atoms with E-state index in [9.17, 15) is 9.59 Å². The molecule has 1 aromatic carbocycles. The number of aldehydes is 1. The summed E-state index contributed by atoms with van der Waals surface area (Å²) in [5.41, 5.74) is 2.43. The van der Waals surface area contributed by atoms with Crippen LogP contribution < -0.4 is 5.56 Å². The van der Waals surface area contributed by atoms with Crippen LogP contribution in [0, 0.1) is 11.4 Å². The van der Waals surface area contributed by atoms with Crippen LogP contribution in [0.2, 0.25) is 0 Å². The summed E-state index contributed by atoms with van der Waals surface area (Å²) in [5, 5.41) is 1.23. The van der Waals surface area contributed by atoms with Gasteiger partial charge in [0.1, 0.15) is 11.3 Å². The highest BCUT2D eigenvalue weighted by Gasteiger charge is 2.08. The molecular formula is C17H14N2O2S2. The summed E-state index contributed by atoms with van der Waals surface area (Å²) < 4.78 is 1.56. The van der Waals surface area contributed by atoms with Crippen molar-refractivity contribution in [3.8, 4) is 10.7 Å². The third kappa shape index (κ3) is 3.43. The van der Waals surface area contributed by atoms with E-state index in [2.05, 4.69) is 9.97 Å². The molecule has 0 amide bonds. The molecule has 0 fully saturated rings. The Morgan fingerprint density at radius 2 is 2.13 bits per heavy atom. The Bertz CT molecular complexity index is 1010. The molecule has 4 nitrogen and oxygen atoms in total. The molecule has 0 aliphatic heterocycles. The maximum atomic E-state index is 12.2. The minimum atomic E-state index is -0.244. The van der Waals surface area contributed by atoms with E-state index in [4.69, 9.17) is 12.2 Å². The molecule has 3 aromatic rings. The molecule has 0 aliphatic rings. The van der Waals surface area contributed by atoms with E-state index in [1.54, 1.807) is 6.07 Å². The highest BCUT2D eigenvalue weighted by molar-refractivity contribution is 7.71. The summed E-state index contributed by atoms with van der Waals surface area (Å²) in [6, 6.07) is 9.32. The fraction of sp³-hybridized carbons (Fsp3) is 0.176. The average Bonchev–Trinajstić information content (AvgIpc) is 2.52. The van der Waals surface area contributed by atoms with Crippen molar-refractivity contribution in [3.05, 3.63) is 56.5 Å². The molecule has 1 N–H and O–H groups in total. The minimum absolute atomic E-state index is 0.244. The van der Waals surface area contributed by atoms with Crippen molar-refractivity contribution in [2.24, 2.45) is 0 Å². The van der Waals surface area contributed by atoms with Gasteiger partial charge in [-0.1, -0.05) is 18.3 Å². The van der Waals surface area contributed by atoms with Crippen molar-refractivity contribution >= 4 is 39.9 Å². The molecular weight excluding hydrogens is 328 g/mol. The molecule has 0 bridgehead atoms. The van der Waals surface area contributed by atoms with Gasteiger partial charge in [-0.25, -0.2) is 0 Å². The molecule has 0 saturated carbocycles. The number of nitrogens with zero attached hydrogens (tertiary/aromatic N) is 1. The number of H-pyrrole nitrogens is 1. The van der Waals surface area contributed by atoms with Crippen molar-refractivity contribution < 1.29 is 4.79 Å². The summed E-state index contributed by atoms with van der Waals surface area (Å²) in [6.07, 6.45) is 1.89. The molecule has 2 heterocycles. The van der Waals surface area contributed by atoms with Gasteiger partial charge >= 0.3 is 0 Å². The predicted octanol–water partition coefficient (Wildman–Crippen LogP) is 3.82. The SMILES string of the molecule is Cc1ccc2c(=O)nc(-c3cc(=S)cc(CCC=O)[nH]3)sc2c1. The number of nitrogens with one attached hydrogen (secondary N) is 1. The van der Waals surface area contributed by atoms with E-state index in [-0.39, 0.29) is 5.56 Å². The van der Waals surface area contributed by atoms with Gasteiger partial charge in [-0.3, -0.25) is 4.79 Å². The Kier molecular flexibility index (Phi) is 4.45. The van der Waals surface area contributed by atoms with Crippen LogP contribution in [0.25, 0.3) is 20.8 Å². The van der Waals surface area contributed by atoms with Crippen LogP contribution in [-0.4, -0.2) is 16.3 Å². The topological polar surface area (TPSA) is 62.8 Å². The molecule has 0 radical (unpaired) electrons. The lowest BCUT2D eigenvalue weighted by Crippen LogP contribution is -2.06. The number of benzene rings is 1. The number of aromatic amines is 1. The Morgan fingerprint density at radius 1 is 1.30 bits per heavy atom. The number of hydrogen-bond donors (Lipinski definition) is 1. The van der Waals surface area contributed by atoms with Gasteiger partial charge < -0.3 is 9.78 Å². The smallest absolute Gasteiger partial charge is 0.279 e. The monoisotopic (exact) mass is 342 g/mol. The molecule has 23 heavy (non-hydrogen) atoms. The Labute approximate surface area is 141 Å². The normalized spacial score (nSPS) is 10.8. The number of aromatic nitrogens is 2. The van der Waals surface area contributed by atoms with Gasteiger partial charge in [-0.15, -0.1) is 11.3 Å². The molecule has 6 heteroatoms. The first kappa shape index (κ1) is 15.7. The number of hydrogen-bond acceptors (Lipinski definition) is 5. The quantitative estimate of drug-likeness (QED) is 0.578. The molecule has 0 unspecified atom stereocenters. The molecule has 0 saturated heterocycles. The van der Waals surface area contributed by atoms with Crippen LogP contribution >= 0.6 is 23.6 Å². The lowest BCUT2D eigenvalue weighted by Gasteiger charge is -2.06. The summed E-state index contributed by atoms with van der Waals surface area (Å²) in [7, 11) is 0. The molecule has 3 rings (SSSR count). The van der Waals surface area contributed by atoms with Crippen molar-refractivity contribution in [1.82, 2.24) is 9.97 Å². The maximum Gasteiger partial charge on any atom is 0.279 e. The van der Waals surface area contributed by atoms with Gasteiger partial charge in [-0.2, -0.15) is 4.98 Å². The number of aryl methyl sites for hydroxylation is 2. The minimum Gasteiger partial charge on any atom is -0.356 e. The third-order valence-electron chi connectivity index (χ3n) is 3.44. The molecule has 2 aromatic heterocycles. The average molecular weight is 342 g/mol. The summed E-state index contributed by atoms with van der Waals surface area (Å²) in [6.45, 7) is 1.99. The largest absolute Gasteiger partial charge is 0.356 e. The van der Waals surface area contributed by atoms with Gasteiger partial charge in [0.05, 0.1) is 11.1 Å². The lowest BCUT2D eigenvalue weighted by atomic mass is 10.2. The van der Waals surface area contributed by atoms with Gasteiger partial charge in [0.25, 0.3) is 5.56 Å². The molecule has 0 spiro atoms. The Hall–Kier alpha value is -2.18. The van der Waals surface area contributed by atoms with Crippen molar-refractivity contribution in [1.29, 1.82) is 0 Å². The van der Waals surface area contributed by atoms with E-state index in [0.29, 0.717) is 33.4 Å². The maximum absolute atomic E-state index is 12.2. The van der Waals surface area contributed by atoms with Gasteiger partial charge in [0.2, 0.25) is 0 Å². The van der Waals surface area contributed by atoms with Crippen LogP contribution in [0.15, 0.2) is 35.1 Å². The molecule has 0 atom stereocenters. The van der Waals surface area contributed by atoms with Crippen molar-refractivity contribution in [2.45, 2.75) is 19.8 Å². The first-order chi connectivity index (χ1) is 11.1. The van der Waals surface area contributed by atoms with Gasteiger partial charge in [-0.05, 0) is 43.2 Å². The zero-order valence-electron chi connectivity index (χ0n) is 12.5. The number of pyridine rings is 1. The predicted molar refractivity (Wildman–Crippen MR) is 95.6 cm³/mol. The second-order valence-corrected chi connectivity index (χ2v) is 6.79. The number of carbonyl (C=O) groups is 1. The van der Waals surface area contributed by atoms with E-state index in [0.717, 1.165) is 22.2 Å². The highest BCUT2D eigenvalue weighted by atomic mass is 32.1. The summed E-state index contributed by atoms with van der Waals surface area (Å²) in [5.74, 6) is 0. The van der Waals surface area contributed by atoms with E-state index in [1.807, 2.05) is 31.2 Å². The van der Waals surface area contributed by atoms with E-state index >= 15 is 0 Å². The van der Waals surface area contributed by atoms with E-state index < -0.39 is 0 Å². The van der Waals surface area contributed by atoms with Crippen LogP contribution in [-0.2, 0) is 11.2 Å². The van der Waals surface area contributed by atoms with Crippen molar-refractivity contribution in [2.75, 3.05) is 0 Å². The van der Waals surface area contributed by atoms with Crippen LogP contribution in [0.1, 0.15) is 17.7 Å². The lowest BCUT2D eigenvalue weighted by molar-refractivity contribution is -0.107. The second-order valence-electron chi connectivity index (χ2n) is 5.28. The van der Waals surface area contributed by atoms with Crippen LogP contribution in [0.5, 0.6) is 0 Å². The van der Waals surface area contributed by atoms with Crippen LogP contribution in [0.3, 0.4) is 0 Å². The zero-order valence-corrected chi connectivity index (χ0v) is 14.1.